The molecule has 0 atom stereocenters. The van der Waals surface area contributed by atoms with Crippen LogP contribution in [0.5, 0.6) is 0 Å². The predicted molar refractivity (Wildman–Crippen MR) is 80.7 cm³/mol. The molecule has 19 heavy (non-hydrogen) atoms. The Morgan fingerprint density at radius 3 is 2.05 bits per heavy atom. The van der Waals surface area contributed by atoms with E-state index in [1.54, 1.807) is 0 Å². The molecule has 1 saturated carbocycles. The summed E-state index contributed by atoms with van der Waals surface area (Å²) in [5.41, 5.74) is 4.55. The van der Waals surface area contributed by atoms with Gasteiger partial charge in [0.25, 0.3) is 0 Å². The maximum atomic E-state index is 12.7. The van der Waals surface area contributed by atoms with Gasteiger partial charge in [-0.3, -0.25) is 4.79 Å². The summed E-state index contributed by atoms with van der Waals surface area (Å²) in [6.45, 7) is 8.51. The van der Waals surface area contributed by atoms with Gasteiger partial charge in [-0.15, -0.1) is 0 Å². The third-order valence-electron chi connectivity index (χ3n) is 4.72. The summed E-state index contributed by atoms with van der Waals surface area (Å²) in [4.78, 5) is 12.7. The summed E-state index contributed by atoms with van der Waals surface area (Å²) in [5.74, 6) is 1.51. The van der Waals surface area contributed by atoms with Crippen molar-refractivity contribution in [3.05, 3.63) is 34.4 Å². The second kappa shape index (κ2) is 5.90. The Balaban J connectivity index is 2.17. The van der Waals surface area contributed by atoms with Crippen LogP contribution in [-0.2, 0) is 0 Å². The Bertz CT molecular complexity index is 442. The van der Waals surface area contributed by atoms with E-state index >= 15 is 0 Å². The highest BCUT2D eigenvalue weighted by Crippen LogP contribution is 2.33. The first kappa shape index (κ1) is 14.3. The van der Waals surface area contributed by atoms with Gasteiger partial charge < -0.3 is 0 Å². The summed E-state index contributed by atoms with van der Waals surface area (Å²) >= 11 is 0. The molecule has 0 aliphatic heterocycles. The van der Waals surface area contributed by atoms with Gasteiger partial charge >= 0.3 is 0 Å². The van der Waals surface area contributed by atoms with Gasteiger partial charge in [0.15, 0.2) is 5.78 Å². The summed E-state index contributed by atoms with van der Waals surface area (Å²) in [7, 11) is 0. The molecule has 1 aliphatic rings. The molecule has 2 rings (SSSR count). The highest BCUT2D eigenvalue weighted by molar-refractivity contribution is 6.00. The minimum atomic E-state index is 0.267. The number of benzene rings is 1. The molecule has 0 spiro atoms. The van der Waals surface area contributed by atoms with Crippen LogP contribution in [0.2, 0.25) is 0 Å². The zero-order valence-electron chi connectivity index (χ0n) is 12.8. The van der Waals surface area contributed by atoms with Gasteiger partial charge in [0, 0.05) is 11.5 Å². The van der Waals surface area contributed by atoms with Gasteiger partial charge in [-0.1, -0.05) is 31.0 Å². The summed E-state index contributed by atoms with van der Waals surface area (Å²) < 4.78 is 0. The lowest BCUT2D eigenvalue weighted by Crippen LogP contribution is -2.23. The standard InChI is InChI=1S/C18H26O/c1-5-15-6-8-16(9-7-15)18(19)17-13(3)10-12(2)11-14(17)4/h10-11,15-16H,5-9H2,1-4H3. The molecule has 0 N–H and O–H groups in total. The molecule has 1 aliphatic carbocycles. The minimum Gasteiger partial charge on any atom is -0.294 e. The number of rotatable bonds is 3. The van der Waals surface area contributed by atoms with Crippen molar-refractivity contribution >= 4 is 5.78 Å². The van der Waals surface area contributed by atoms with E-state index in [0.717, 1.165) is 35.4 Å². The van der Waals surface area contributed by atoms with Crippen molar-refractivity contribution in [1.82, 2.24) is 0 Å². The van der Waals surface area contributed by atoms with Crippen LogP contribution < -0.4 is 0 Å². The molecular weight excluding hydrogens is 232 g/mol. The van der Waals surface area contributed by atoms with E-state index in [2.05, 4.69) is 39.8 Å². The highest BCUT2D eigenvalue weighted by Gasteiger charge is 2.27. The first-order valence-corrected chi connectivity index (χ1v) is 7.65. The smallest absolute Gasteiger partial charge is 0.166 e. The number of hydrogen-bond donors (Lipinski definition) is 0. The largest absolute Gasteiger partial charge is 0.294 e. The summed E-state index contributed by atoms with van der Waals surface area (Å²) in [6.07, 6.45) is 5.91. The Kier molecular flexibility index (Phi) is 4.44. The van der Waals surface area contributed by atoms with E-state index in [1.165, 1.54) is 24.8 Å². The Hall–Kier alpha value is -1.11. The van der Waals surface area contributed by atoms with Gasteiger partial charge in [-0.25, -0.2) is 0 Å². The Morgan fingerprint density at radius 1 is 1.05 bits per heavy atom. The lowest BCUT2D eigenvalue weighted by atomic mass is 9.76. The molecule has 0 heterocycles. The molecule has 0 saturated heterocycles. The highest BCUT2D eigenvalue weighted by atomic mass is 16.1. The van der Waals surface area contributed by atoms with E-state index in [4.69, 9.17) is 0 Å². The molecule has 1 nitrogen and oxygen atoms in total. The fourth-order valence-electron chi connectivity index (χ4n) is 3.61. The molecule has 0 amide bonds. The van der Waals surface area contributed by atoms with Crippen molar-refractivity contribution in [2.24, 2.45) is 11.8 Å². The van der Waals surface area contributed by atoms with Crippen LogP contribution in [0.25, 0.3) is 0 Å². The second-order valence-electron chi connectivity index (χ2n) is 6.26. The second-order valence-corrected chi connectivity index (χ2v) is 6.26. The molecule has 1 fully saturated rings. The van der Waals surface area contributed by atoms with Gasteiger partial charge in [0.05, 0.1) is 0 Å². The molecule has 1 aromatic carbocycles. The summed E-state index contributed by atoms with van der Waals surface area (Å²) in [5, 5.41) is 0. The van der Waals surface area contributed by atoms with Gasteiger partial charge in [-0.2, -0.15) is 0 Å². The average molecular weight is 258 g/mol. The van der Waals surface area contributed by atoms with Crippen LogP contribution in [0, 0.1) is 32.6 Å². The number of carbonyl (C=O) groups excluding carboxylic acids is 1. The first-order valence-electron chi connectivity index (χ1n) is 7.65. The number of Topliss-reactive ketones (excluding diaryl/α,β-unsaturated/α-hetero) is 1. The van der Waals surface area contributed by atoms with E-state index in [9.17, 15) is 4.79 Å². The van der Waals surface area contributed by atoms with Crippen molar-refractivity contribution in [3.63, 3.8) is 0 Å². The number of aryl methyl sites for hydroxylation is 3. The third-order valence-corrected chi connectivity index (χ3v) is 4.72. The van der Waals surface area contributed by atoms with Crippen LogP contribution in [0.4, 0.5) is 0 Å². The zero-order valence-corrected chi connectivity index (χ0v) is 12.8. The van der Waals surface area contributed by atoms with Crippen LogP contribution >= 0.6 is 0 Å². The molecule has 1 heteroatoms. The fraction of sp³-hybridized carbons (Fsp3) is 0.611. The number of carbonyl (C=O) groups is 1. The normalized spacial score (nSPS) is 23.4. The van der Waals surface area contributed by atoms with E-state index in [1.807, 2.05) is 0 Å². The predicted octanol–water partition coefficient (Wildman–Crippen LogP) is 5.01. The van der Waals surface area contributed by atoms with E-state index in [0.29, 0.717) is 5.78 Å². The number of hydrogen-bond acceptors (Lipinski definition) is 1. The van der Waals surface area contributed by atoms with Gasteiger partial charge in [0.1, 0.15) is 0 Å². The molecule has 0 bridgehead atoms. The average Bonchev–Trinajstić information content (AvgIpc) is 2.37. The summed E-state index contributed by atoms with van der Waals surface area (Å²) in [6, 6.07) is 4.27. The topological polar surface area (TPSA) is 17.1 Å². The maximum absolute atomic E-state index is 12.7. The van der Waals surface area contributed by atoms with Crippen molar-refractivity contribution in [3.8, 4) is 0 Å². The zero-order chi connectivity index (χ0) is 14.0. The van der Waals surface area contributed by atoms with Crippen LogP contribution in [0.1, 0.15) is 66.1 Å². The maximum Gasteiger partial charge on any atom is 0.166 e. The van der Waals surface area contributed by atoms with Crippen molar-refractivity contribution in [1.29, 1.82) is 0 Å². The monoisotopic (exact) mass is 258 g/mol. The SMILES string of the molecule is CCC1CCC(C(=O)c2c(C)cc(C)cc2C)CC1. The van der Waals surface area contributed by atoms with E-state index in [-0.39, 0.29) is 5.92 Å². The molecule has 0 unspecified atom stereocenters. The molecule has 0 aromatic heterocycles. The van der Waals surface area contributed by atoms with Gasteiger partial charge in [-0.05, 0) is 63.5 Å². The Labute approximate surface area is 117 Å². The molecular formula is C18H26O. The van der Waals surface area contributed by atoms with Crippen molar-refractivity contribution in [2.75, 3.05) is 0 Å². The number of ketones is 1. The van der Waals surface area contributed by atoms with Crippen LogP contribution in [0.3, 0.4) is 0 Å². The molecule has 104 valence electrons. The third kappa shape index (κ3) is 3.08. The lowest BCUT2D eigenvalue weighted by Gasteiger charge is -2.27. The van der Waals surface area contributed by atoms with Crippen molar-refractivity contribution < 1.29 is 4.79 Å². The minimum absolute atomic E-state index is 0.267. The first-order chi connectivity index (χ1) is 9.02. The molecule has 0 radical (unpaired) electrons. The van der Waals surface area contributed by atoms with Crippen LogP contribution in [0.15, 0.2) is 12.1 Å². The molecule has 1 aromatic rings. The quantitative estimate of drug-likeness (QED) is 0.696. The van der Waals surface area contributed by atoms with Gasteiger partial charge in [0.2, 0.25) is 0 Å². The van der Waals surface area contributed by atoms with E-state index < -0.39 is 0 Å². The Morgan fingerprint density at radius 2 is 1.58 bits per heavy atom. The lowest BCUT2D eigenvalue weighted by molar-refractivity contribution is 0.0870. The van der Waals surface area contributed by atoms with Crippen LogP contribution in [-0.4, -0.2) is 5.78 Å². The van der Waals surface area contributed by atoms with Crippen molar-refractivity contribution in [2.45, 2.75) is 59.8 Å². The fourth-order valence-corrected chi connectivity index (χ4v) is 3.61.